The Morgan fingerprint density at radius 2 is 0.589 bits per heavy atom. The van der Waals surface area contributed by atoms with Crippen molar-refractivity contribution >= 4 is 17.9 Å². The molecule has 332 valence electrons. The fraction of sp³-hybridized carbons (Fsp3) is 0.940. The van der Waals surface area contributed by atoms with Gasteiger partial charge in [-0.25, -0.2) is 0 Å². The van der Waals surface area contributed by atoms with Crippen molar-refractivity contribution < 1.29 is 28.6 Å². The molecule has 0 aromatic carbocycles. The average Bonchev–Trinajstić information content (AvgIpc) is 3.18. The largest absolute Gasteiger partial charge is 0.462 e. The number of esters is 3. The van der Waals surface area contributed by atoms with E-state index < -0.39 is 6.10 Å². The maximum atomic E-state index is 12.7. The lowest BCUT2D eigenvalue weighted by molar-refractivity contribution is -0.167. The smallest absolute Gasteiger partial charge is 0.306 e. The van der Waals surface area contributed by atoms with Crippen molar-refractivity contribution in [1.29, 1.82) is 0 Å². The first kappa shape index (κ1) is 54.4. The second kappa shape index (κ2) is 44.5. The molecule has 0 unspecified atom stereocenters. The number of unbranched alkanes of at least 4 members (excludes halogenated alkanes) is 32. The van der Waals surface area contributed by atoms with Crippen LogP contribution in [0.4, 0.5) is 0 Å². The first-order valence-corrected chi connectivity index (χ1v) is 24.9. The highest BCUT2D eigenvalue weighted by Gasteiger charge is 2.19. The zero-order valence-electron chi connectivity index (χ0n) is 38.1. The lowest BCUT2D eigenvalue weighted by atomic mass is 10.0. The molecule has 56 heavy (non-hydrogen) atoms. The van der Waals surface area contributed by atoms with Crippen molar-refractivity contribution in [1.82, 2.24) is 0 Å². The van der Waals surface area contributed by atoms with Crippen molar-refractivity contribution in [2.24, 2.45) is 5.92 Å². The summed E-state index contributed by atoms with van der Waals surface area (Å²) in [6.45, 7) is 8.95. The van der Waals surface area contributed by atoms with Crippen LogP contribution >= 0.6 is 0 Å². The maximum Gasteiger partial charge on any atom is 0.306 e. The summed E-state index contributed by atoms with van der Waals surface area (Å²) in [7, 11) is 0. The normalized spacial score (nSPS) is 11.9. The van der Waals surface area contributed by atoms with Crippen LogP contribution < -0.4 is 0 Å². The number of carbonyl (C=O) groups excluding carboxylic acids is 3. The number of ether oxygens (including phenoxy) is 3. The van der Waals surface area contributed by atoms with Crippen LogP contribution in [0.5, 0.6) is 0 Å². The SMILES string of the molecule is CCCCCCCCCCCCCCCCCCC(=O)OC[C@H](COC(=O)CCCCCCCCC(C)C)OC(=O)CCCCCCCCCCCCCCC. The zero-order chi connectivity index (χ0) is 41.0. The number of rotatable bonds is 45. The summed E-state index contributed by atoms with van der Waals surface area (Å²) < 4.78 is 16.8. The quantitative estimate of drug-likeness (QED) is 0.0347. The average molecular weight is 793 g/mol. The molecule has 0 N–H and O–H groups in total. The summed E-state index contributed by atoms with van der Waals surface area (Å²) in [4.78, 5) is 37.8. The summed E-state index contributed by atoms with van der Waals surface area (Å²) in [6.07, 6.45) is 45.3. The molecule has 6 nitrogen and oxygen atoms in total. The molecule has 0 radical (unpaired) electrons. The van der Waals surface area contributed by atoms with Gasteiger partial charge in [-0.1, -0.05) is 240 Å². The van der Waals surface area contributed by atoms with Crippen LogP contribution in [0.25, 0.3) is 0 Å². The van der Waals surface area contributed by atoms with E-state index in [1.54, 1.807) is 0 Å². The first-order chi connectivity index (χ1) is 27.4. The molecule has 1 atom stereocenters. The molecule has 0 aromatic heterocycles. The van der Waals surface area contributed by atoms with E-state index in [1.165, 1.54) is 173 Å². The molecular formula is C50H96O6. The van der Waals surface area contributed by atoms with E-state index in [2.05, 4.69) is 27.7 Å². The zero-order valence-corrected chi connectivity index (χ0v) is 38.1. The van der Waals surface area contributed by atoms with Crippen molar-refractivity contribution in [3.8, 4) is 0 Å². The number of carbonyl (C=O) groups is 3. The van der Waals surface area contributed by atoms with Gasteiger partial charge in [-0.15, -0.1) is 0 Å². The molecule has 0 aliphatic rings. The van der Waals surface area contributed by atoms with Crippen LogP contribution in [0.1, 0.15) is 278 Å². The van der Waals surface area contributed by atoms with Crippen molar-refractivity contribution in [3.05, 3.63) is 0 Å². The van der Waals surface area contributed by atoms with Crippen molar-refractivity contribution in [2.75, 3.05) is 13.2 Å². The van der Waals surface area contributed by atoms with Crippen molar-refractivity contribution in [3.63, 3.8) is 0 Å². The minimum absolute atomic E-state index is 0.0638. The van der Waals surface area contributed by atoms with E-state index in [0.717, 1.165) is 63.7 Å². The van der Waals surface area contributed by atoms with Gasteiger partial charge in [0.15, 0.2) is 6.10 Å². The Labute approximate surface area is 348 Å². The van der Waals surface area contributed by atoms with E-state index >= 15 is 0 Å². The van der Waals surface area contributed by atoms with Gasteiger partial charge in [0.1, 0.15) is 13.2 Å². The molecule has 0 bridgehead atoms. The molecule has 6 heteroatoms. The summed E-state index contributed by atoms with van der Waals surface area (Å²) >= 11 is 0. The molecule has 0 amide bonds. The van der Waals surface area contributed by atoms with E-state index in [4.69, 9.17) is 14.2 Å². The van der Waals surface area contributed by atoms with Crippen LogP contribution in [0.15, 0.2) is 0 Å². The molecule has 0 aliphatic heterocycles. The third-order valence-electron chi connectivity index (χ3n) is 11.3. The summed E-state index contributed by atoms with van der Waals surface area (Å²) in [5, 5.41) is 0. The minimum atomic E-state index is -0.760. The molecule has 0 aliphatic carbocycles. The second-order valence-corrected chi connectivity index (χ2v) is 17.6. The third-order valence-corrected chi connectivity index (χ3v) is 11.3. The van der Waals surface area contributed by atoms with Gasteiger partial charge >= 0.3 is 17.9 Å². The molecule has 0 fully saturated rings. The second-order valence-electron chi connectivity index (χ2n) is 17.6. The van der Waals surface area contributed by atoms with Gasteiger partial charge in [0.2, 0.25) is 0 Å². The first-order valence-electron chi connectivity index (χ1n) is 24.9. The Bertz CT molecular complexity index is 841. The minimum Gasteiger partial charge on any atom is -0.462 e. The Balaban J connectivity index is 4.27. The van der Waals surface area contributed by atoms with Gasteiger partial charge in [0.25, 0.3) is 0 Å². The molecular weight excluding hydrogens is 697 g/mol. The maximum absolute atomic E-state index is 12.7. The standard InChI is InChI=1S/C50H96O6/c1-5-7-9-11-13-15-17-19-20-21-23-24-26-28-33-37-41-48(51)54-44-47(45-55-49(52)42-38-34-31-30-32-36-40-46(3)4)56-50(53)43-39-35-29-27-25-22-18-16-14-12-10-8-6-2/h46-47H,5-45H2,1-4H3/t47-/m1/s1. The number of hydrogen-bond donors (Lipinski definition) is 0. The lowest BCUT2D eigenvalue weighted by Crippen LogP contribution is -2.30. The van der Waals surface area contributed by atoms with E-state index in [1.807, 2.05) is 0 Å². The number of hydrogen-bond acceptors (Lipinski definition) is 6. The van der Waals surface area contributed by atoms with Crippen LogP contribution in [0, 0.1) is 5.92 Å². The van der Waals surface area contributed by atoms with Gasteiger partial charge in [-0.05, 0) is 25.2 Å². The fourth-order valence-electron chi connectivity index (χ4n) is 7.51. The molecule has 0 aromatic rings. The Morgan fingerprint density at radius 3 is 0.875 bits per heavy atom. The van der Waals surface area contributed by atoms with Crippen LogP contribution in [-0.2, 0) is 28.6 Å². The summed E-state index contributed by atoms with van der Waals surface area (Å²) in [5.74, 6) is -0.0887. The van der Waals surface area contributed by atoms with E-state index in [-0.39, 0.29) is 31.1 Å². The highest BCUT2D eigenvalue weighted by molar-refractivity contribution is 5.71. The Morgan fingerprint density at radius 1 is 0.339 bits per heavy atom. The predicted molar refractivity (Wildman–Crippen MR) is 238 cm³/mol. The van der Waals surface area contributed by atoms with Crippen LogP contribution in [0.2, 0.25) is 0 Å². The van der Waals surface area contributed by atoms with Gasteiger partial charge in [0.05, 0.1) is 0 Å². The molecule has 0 spiro atoms. The molecule has 0 heterocycles. The van der Waals surface area contributed by atoms with Gasteiger partial charge in [-0.2, -0.15) is 0 Å². The fourth-order valence-corrected chi connectivity index (χ4v) is 7.51. The van der Waals surface area contributed by atoms with Crippen LogP contribution in [-0.4, -0.2) is 37.2 Å². The molecule has 0 rings (SSSR count). The van der Waals surface area contributed by atoms with Gasteiger partial charge in [0, 0.05) is 19.3 Å². The van der Waals surface area contributed by atoms with Crippen molar-refractivity contribution in [2.45, 2.75) is 284 Å². The van der Waals surface area contributed by atoms with E-state index in [0.29, 0.717) is 19.3 Å². The predicted octanol–water partition coefficient (Wildman–Crippen LogP) is 15.9. The topological polar surface area (TPSA) is 78.9 Å². The third kappa shape index (κ3) is 43.5. The Kier molecular flexibility index (Phi) is 43.2. The highest BCUT2D eigenvalue weighted by atomic mass is 16.6. The summed E-state index contributed by atoms with van der Waals surface area (Å²) in [5.41, 5.74) is 0. The summed E-state index contributed by atoms with van der Waals surface area (Å²) in [6, 6.07) is 0. The van der Waals surface area contributed by atoms with E-state index in [9.17, 15) is 14.4 Å². The highest BCUT2D eigenvalue weighted by Crippen LogP contribution is 2.17. The van der Waals surface area contributed by atoms with Crippen LogP contribution in [0.3, 0.4) is 0 Å². The van der Waals surface area contributed by atoms with Gasteiger partial charge < -0.3 is 14.2 Å². The lowest BCUT2D eigenvalue weighted by Gasteiger charge is -2.18. The Hall–Kier alpha value is -1.59. The molecule has 0 saturated carbocycles. The molecule has 0 saturated heterocycles. The monoisotopic (exact) mass is 793 g/mol. The van der Waals surface area contributed by atoms with Gasteiger partial charge in [-0.3, -0.25) is 14.4 Å².